The second kappa shape index (κ2) is 5.70. The molecular weight excluding hydrogens is 272 g/mol. The van der Waals surface area contributed by atoms with Gasteiger partial charge in [0.15, 0.2) is 0 Å². The molecule has 1 amide bonds. The normalized spacial score (nSPS) is 15.9. The lowest BCUT2D eigenvalue weighted by atomic mass is 10.0. The van der Waals surface area contributed by atoms with Gasteiger partial charge in [-0.25, -0.2) is 8.78 Å². The van der Waals surface area contributed by atoms with Gasteiger partial charge in [-0.3, -0.25) is 4.79 Å². The summed E-state index contributed by atoms with van der Waals surface area (Å²) in [6, 6.07) is 5.22. The summed E-state index contributed by atoms with van der Waals surface area (Å²) in [5.74, 6) is -0.257. The monoisotopic (exact) mass is 285 g/mol. The van der Waals surface area contributed by atoms with Gasteiger partial charge >= 0.3 is 0 Å². The molecule has 0 bridgehead atoms. The number of alkyl halides is 2. The summed E-state index contributed by atoms with van der Waals surface area (Å²) in [5, 5.41) is 0.587. The molecule has 0 spiro atoms. The van der Waals surface area contributed by atoms with E-state index >= 15 is 0 Å². The van der Waals surface area contributed by atoms with E-state index in [1.165, 1.54) is 4.90 Å². The Morgan fingerprint density at radius 1 is 1.42 bits per heavy atom. The van der Waals surface area contributed by atoms with Gasteiger partial charge in [-0.1, -0.05) is 23.7 Å². The first kappa shape index (κ1) is 14.0. The maximum Gasteiger partial charge on any atom is 0.256 e. The Hall–Kier alpha value is -1.42. The molecule has 1 aliphatic rings. The molecule has 0 radical (unpaired) electrons. The van der Waals surface area contributed by atoms with Gasteiger partial charge in [0.05, 0.1) is 6.54 Å². The second-order valence-corrected chi connectivity index (χ2v) is 4.92. The molecule has 102 valence electrons. The molecule has 0 N–H and O–H groups in total. The predicted octanol–water partition coefficient (Wildman–Crippen LogP) is 3.88. The van der Waals surface area contributed by atoms with Gasteiger partial charge in [0, 0.05) is 22.7 Å². The van der Waals surface area contributed by atoms with Crippen LogP contribution in [0.25, 0.3) is 5.70 Å². The van der Waals surface area contributed by atoms with Gasteiger partial charge < -0.3 is 4.90 Å². The van der Waals surface area contributed by atoms with E-state index in [9.17, 15) is 13.6 Å². The maximum absolute atomic E-state index is 12.6. The van der Waals surface area contributed by atoms with Crippen molar-refractivity contribution in [2.24, 2.45) is 0 Å². The van der Waals surface area contributed by atoms with E-state index in [4.69, 9.17) is 11.6 Å². The van der Waals surface area contributed by atoms with Crippen LogP contribution in [0.15, 0.2) is 24.3 Å². The van der Waals surface area contributed by atoms with Crippen LogP contribution in [0, 0.1) is 6.92 Å². The fraction of sp³-hybridized carbons (Fsp3) is 0.357. The number of hydrogen-bond donors (Lipinski definition) is 0. The lowest BCUT2D eigenvalue weighted by Crippen LogP contribution is -2.35. The lowest BCUT2D eigenvalue weighted by Gasteiger charge is -2.29. The van der Waals surface area contributed by atoms with Crippen molar-refractivity contribution in [1.82, 2.24) is 4.90 Å². The number of benzene rings is 1. The average molecular weight is 286 g/mol. The fourth-order valence-electron chi connectivity index (χ4n) is 2.22. The van der Waals surface area contributed by atoms with Crippen LogP contribution < -0.4 is 0 Å². The van der Waals surface area contributed by atoms with Crippen LogP contribution in [-0.4, -0.2) is 23.8 Å². The van der Waals surface area contributed by atoms with E-state index in [0.29, 0.717) is 17.1 Å². The molecule has 0 fully saturated rings. The minimum absolute atomic E-state index is 0.257. The summed E-state index contributed by atoms with van der Waals surface area (Å²) >= 11 is 5.89. The summed E-state index contributed by atoms with van der Waals surface area (Å²) in [6.07, 6.45) is 0.150. The highest BCUT2D eigenvalue weighted by Gasteiger charge is 2.26. The highest BCUT2D eigenvalue weighted by molar-refractivity contribution is 6.30. The number of nitrogens with zero attached hydrogens (tertiary/aromatic N) is 1. The topological polar surface area (TPSA) is 20.3 Å². The minimum atomic E-state index is -2.54. The van der Waals surface area contributed by atoms with Crippen molar-refractivity contribution in [3.63, 3.8) is 0 Å². The third-order valence-corrected chi connectivity index (χ3v) is 3.31. The van der Waals surface area contributed by atoms with Gasteiger partial charge in [-0.2, -0.15) is 0 Å². The van der Waals surface area contributed by atoms with E-state index in [0.717, 1.165) is 11.1 Å². The number of allylic oxidation sites excluding steroid dienone is 1. The molecule has 1 aliphatic heterocycles. The zero-order valence-electron chi connectivity index (χ0n) is 10.5. The highest BCUT2D eigenvalue weighted by atomic mass is 35.5. The Labute approximate surface area is 115 Å². The summed E-state index contributed by atoms with van der Waals surface area (Å²) in [4.78, 5) is 13.0. The molecule has 2 nitrogen and oxygen atoms in total. The number of rotatable bonds is 3. The molecule has 5 heteroatoms. The van der Waals surface area contributed by atoms with E-state index in [2.05, 4.69) is 0 Å². The zero-order chi connectivity index (χ0) is 14.0. The van der Waals surface area contributed by atoms with Crippen molar-refractivity contribution in [2.45, 2.75) is 26.2 Å². The van der Waals surface area contributed by atoms with Gasteiger partial charge in [0.25, 0.3) is 6.43 Å². The third kappa shape index (κ3) is 3.13. The van der Waals surface area contributed by atoms with Crippen LogP contribution in [0.1, 0.15) is 24.0 Å². The van der Waals surface area contributed by atoms with Crippen molar-refractivity contribution in [3.05, 3.63) is 40.4 Å². The van der Waals surface area contributed by atoms with Gasteiger partial charge in [0.1, 0.15) is 0 Å². The van der Waals surface area contributed by atoms with Crippen LogP contribution >= 0.6 is 11.6 Å². The molecule has 0 unspecified atom stereocenters. The minimum Gasteiger partial charge on any atom is -0.306 e. The number of carbonyl (C=O) groups excluding carboxylic acids is 1. The zero-order valence-corrected chi connectivity index (χ0v) is 11.3. The first-order valence-electron chi connectivity index (χ1n) is 6.04. The van der Waals surface area contributed by atoms with Crippen molar-refractivity contribution in [2.75, 3.05) is 6.54 Å². The van der Waals surface area contributed by atoms with Crippen LogP contribution in [0.4, 0.5) is 8.78 Å². The molecule has 0 aliphatic carbocycles. The van der Waals surface area contributed by atoms with Crippen LogP contribution in [0.2, 0.25) is 5.02 Å². The third-order valence-electron chi connectivity index (χ3n) is 3.07. The molecule has 0 saturated carbocycles. The smallest absolute Gasteiger partial charge is 0.256 e. The summed E-state index contributed by atoms with van der Waals surface area (Å²) in [5.41, 5.74) is 2.21. The lowest BCUT2D eigenvalue weighted by molar-refractivity contribution is -0.129. The molecule has 1 heterocycles. The summed E-state index contributed by atoms with van der Waals surface area (Å²) in [6.45, 7) is 1.29. The number of carbonyl (C=O) groups is 1. The van der Waals surface area contributed by atoms with Crippen molar-refractivity contribution < 1.29 is 13.6 Å². The van der Waals surface area contributed by atoms with Gasteiger partial charge in [0.2, 0.25) is 5.91 Å². The quantitative estimate of drug-likeness (QED) is 0.825. The van der Waals surface area contributed by atoms with Crippen LogP contribution in [0.3, 0.4) is 0 Å². The van der Waals surface area contributed by atoms with Crippen LogP contribution in [0.5, 0.6) is 0 Å². The molecule has 0 aromatic heterocycles. The average Bonchev–Trinajstić information content (AvgIpc) is 2.32. The number of hydrogen-bond acceptors (Lipinski definition) is 1. The Morgan fingerprint density at radius 3 is 2.79 bits per heavy atom. The van der Waals surface area contributed by atoms with E-state index in [1.807, 2.05) is 13.0 Å². The number of aryl methyl sites for hydroxylation is 1. The molecule has 0 atom stereocenters. The van der Waals surface area contributed by atoms with Gasteiger partial charge in [-0.05, 0) is 31.0 Å². The highest BCUT2D eigenvalue weighted by Crippen LogP contribution is 2.29. The predicted molar refractivity (Wildman–Crippen MR) is 71.1 cm³/mol. The first-order chi connectivity index (χ1) is 8.99. The molecule has 1 aromatic rings. The number of amides is 1. The Morgan fingerprint density at radius 2 is 2.16 bits per heavy atom. The fourth-order valence-corrected chi connectivity index (χ4v) is 2.45. The standard InChI is InChI=1S/C14H14ClF2NO/c1-9-7-10(15)5-6-11(9)12-3-2-4-14(19)18(12)8-13(16)17/h3,5-7,13H,2,4,8H2,1H3. The summed E-state index contributed by atoms with van der Waals surface area (Å²) in [7, 11) is 0. The van der Waals surface area contributed by atoms with Gasteiger partial charge in [-0.15, -0.1) is 0 Å². The Balaban J connectivity index is 2.39. The second-order valence-electron chi connectivity index (χ2n) is 4.48. The largest absolute Gasteiger partial charge is 0.306 e. The molecule has 2 rings (SSSR count). The SMILES string of the molecule is Cc1cc(Cl)ccc1C1=CCCC(=O)N1CC(F)F. The van der Waals surface area contributed by atoms with E-state index in [-0.39, 0.29) is 12.3 Å². The van der Waals surface area contributed by atoms with E-state index in [1.54, 1.807) is 18.2 Å². The van der Waals surface area contributed by atoms with Crippen molar-refractivity contribution in [1.29, 1.82) is 0 Å². The Kier molecular flexibility index (Phi) is 4.20. The maximum atomic E-state index is 12.6. The van der Waals surface area contributed by atoms with E-state index < -0.39 is 13.0 Å². The van der Waals surface area contributed by atoms with Crippen LogP contribution in [-0.2, 0) is 4.79 Å². The molecular formula is C14H14ClF2NO. The molecule has 0 saturated heterocycles. The Bertz CT molecular complexity index is 528. The van der Waals surface area contributed by atoms with Crippen molar-refractivity contribution >= 4 is 23.2 Å². The summed E-state index contributed by atoms with van der Waals surface area (Å²) < 4.78 is 25.2. The first-order valence-corrected chi connectivity index (χ1v) is 6.42. The molecule has 1 aromatic carbocycles. The van der Waals surface area contributed by atoms with Crippen molar-refractivity contribution in [3.8, 4) is 0 Å². The number of halogens is 3. The molecule has 19 heavy (non-hydrogen) atoms.